The summed E-state index contributed by atoms with van der Waals surface area (Å²) < 4.78 is 119. The lowest BCUT2D eigenvalue weighted by molar-refractivity contribution is 0.122. The lowest BCUT2D eigenvalue weighted by Gasteiger charge is -2.28. The third kappa shape index (κ3) is 16.1. The molecule has 4 aliphatic rings. The molecule has 596 valence electrons. The highest BCUT2D eigenvalue weighted by atomic mass is 19.2. The maximum Gasteiger partial charge on any atom is 0.166 e. The van der Waals surface area contributed by atoms with Crippen LogP contribution in [-0.2, 0) is 18.9 Å². The number of benzene rings is 4. The van der Waals surface area contributed by atoms with Crippen molar-refractivity contribution in [2.24, 2.45) is 0 Å². The Kier molecular flexibility index (Phi) is 22.6. The van der Waals surface area contributed by atoms with Crippen LogP contribution in [-0.4, -0.2) is 200 Å². The summed E-state index contributed by atoms with van der Waals surface area (Å²) in [6, 6.07) is 39.3. The number of morpholine rings is 4. The topological polar surface area (TPSA) is 286 Å². The van der Waals surface area contributed by atoms with Crippen molar-refractivity contribution < 1.29 is 54.8 Å². The monoisotopic (exact) mass is 1600 g/mol. The van der Waals surface area contributed by atoms with Crippen LogP contribution in [0.15, 0.2) is 195 Å². The van der Waals surface area contributed by atoms with Crippen LogP contribution in [0.5, 0.6) is 11.5 Å². The Morgan fingerprint density at radius 2 is 0.669 bits per heavy atom. The number of nitrogens with zero attached hydrogens (tertiary/aromatic N) is 16. The summed E-state index contributed by atoms with van der Waals surface area (Å²) in [5.74, 6) is 0.463. The third-order valence-corrected chi connectivity index (χ3v) is 20.6. The van der Waals surface area contributed by atoms with E-state index < -0.39 is 23.3 Å². The van der Waals surface area contributed by atoms with E-state index in [4.69, 9.17) is 48.4 Å². The van der Waals surface area contributed by atoms with E-state index in [1.807, 2.05) is 54.6 Å². The zero-order valence-corrected chi connectivity index (χ0v) is 63.7. The Balaban J connectivity index is 0.000000113. The van der Waals surface area contributed by atoms with Crippen LogP contribution in [0.2, 0.25) is 0 Å². The van der Waals surface area contributed by atoms with Crippen molar-refractivity contribution in [2.45, 2.75) is 0 Å². The van der Waals surface area contributed by atoms with Gasteiger partial charge in [0.15, 0.2) is 11.6 Å². The fourth-order valence-corrected chi connectivity index (χ4v) is 14.7. The predicted molar refractivity (Wildman–Crippen MR) is 435 cm³/mol. The van der Waals surface area contributed by atoms with Gasteiger partial charge in [0.25, 0.3) is 0 Å². The van der Waals surface area contributed by atoms with Crippen LogP contribution >= 0.6 is 0 Å². The number of rotatable bonds is 14. The first-order chi connectivity index (χ1) is 57.9. The average molecular weight is 1600 g/mol. The molecule has 4 aliphatic heterocycles. The van der Waals surface area contributed by atoms with Crippen molar-refractivity contribution in [3.8, 4) is 102 Å². The van der Waals surface area contributed by atoms with Gasteiger partial charge >= 0.3 is 0 Å². The van der Waals surface area contributed by atoms with E-state index in [1.165, 1.54) is 36.4 Å². The zero-order chi connectivity index (χ0) is 80.6. The molecule has 0 saturated carbocycles. The number of hydrogen-bond acceptors (Lipinski definition) is 22. The van der Waals surface area contributed by atoms with E-state index in [0.717, 1.165) is 88.6 Å². The number of aromatic nitrogens is 16. The molecule has 12 aromatic heterocycles. The smallest absolute Gasteiger partial charge is 0.166 e. The van der Waals surface area contributed by atoms with Gasteiger partial charge in [-0.2, -0.15) is 20.4 Å². The number of hydrogen-bond donors (Lipinski definition) is 4. The maximum atomic E-state index is 14.9. The Bertz CT molecular complexity index is 6230. The Hall–Kier alpha value is -13.8. The molecule has 4 saturated heterocycles. The van der Waals surface area contributed by atoms with Crippen LogP contribution in [0.1, 0.15) is 0 Å². The lowest BCUT2D eigenvalue weighted by Crippen LogP contribution is -2.36. The van der Waals surface area contributed by atoms with E-state index >= 15 is 0 Å². The molecule has 0 bridgehead atoms. The first-order valence-corrected chi connectivity index (χ1v) is 38.0. The molecule has 20 rings (SSSR count). The van der Waals surface area contributed by atoms with Gasteiger partial charge in [-0.1, -0.05) is 12.1 Å². The van der Waals surface area contributed by atoms with E-state index in [-0.39, 0.29) is 17.2 Å². The molecule has 0 atom stereocenters. The molecule has 4 fully saturated rings. The molecule has 32 heteroatoms. The van der Waals surface area contributed by atoms with Gasteiger partial charge < -0.3 is 48.0 Å². The van der Waals surface area contributed by atoms with Crippen molar-refractivity contribution in [1.82, 2.24) is 80.7 Å². The summed E-state index contributed by atoms with van der Waals surface area (Å²) in [7, 11) is 3.15. The molecular weight excluding hydrogens is 1520 g/mol. The highest BCUT2D eigenvalue weighted by molar-refractivity contribution is 6.06. The second kappa shape index (κ2) is 34.7. The van der Waals surface area contributed by atoms with Crippen molar-refractivity contribution in [1.29, 1.82) is 0 Å². The second-order valence-electron chi connectivity index (χ2n) is 27.5. The van der Waals surface area contributed by atoms with Crippen LogP contribution in [0.4, 0.5) is 49.6 Å². The molecule has 26 nitrogen and oxygen atoms in total. The summed E-state index contributed by atoms with van der Waals surface area (Å²) in [4.78, 5) is 46.1. The van der Waals surface area contributed by atoms with Crippen molar-refractivity contribution in [3.05, 3.63) is 230 Å². The number of ether oxygens (including phenoxy) is 6. The molecule has 0 aliphatic carbocycles. The minimum absolute atomic E-state index is 0.189. The minimum Gasteiger partial charge on any atom is -0.497 e. The number of pyridine rings is 8. The summed E-state index contributed by atoms with van der Waals surface area (Å²) in [6.45, 7) is 10.5. The number of aromatic amines is 4. The molecule has 118 heavy (non-hydrogen) atoms. The molecule has 4 N–H and O–H groups in total. The molecular formula is C86H74F6N20O6. The number of H-pyrrole nitrogens is 4. The van der Waals surface area contributed by atoms with E-state index in [0.29, 0.717) is 192 Å². The Morgan fingerprint density at radius 1 is 0.305 bits per heavy atom. The van der Waals surface area contributed by atoms with Gasteiger partial charge in [0.05, 0.1) is 89.9 Å². The fourth-order valence-electron chi connectivity index (χ4n) is 14.7. The third-order valence-electron chi connectivity index (χ3n) is 20.6. The van der Waals surface area contributed by atoms with Crippen molar-refractivity contribution in [2.75, 3.05) is 139 Å². The maximum absolute atomic E-state index is 14.9. The molecule has 16 heterocycles. The second-order valence-corrected chi connectivity index (χ2v) is 27.5. The minimum atomic E-state index is -0.886. The first kappa shape index (κ1) is 76.8. The quantitative estimate of drug-likeness (QED) is 0.0736. The van der Waals surface area contributed by atoms with Crippen molar-refractivity contribution in [3.63, 3.8) is 0 Å². The number of nitrogens with one attached hydrogen (secondary N) is 4. The zero-order valence-electron chi connectivity index (χ0n) is 63.7. The van der Waals surface area contributed by atoms with Gasteiger partial charge in [0.1, 0.15) is 103 Å². The van der Waals surface area contributed by atoms with Crippen LogP contribution < -0.4 is 29.1 Å². The summed E-state index contributed by atoms with van der Waals surface area (Å²) in [6.07, 6.45) is 13.3. The van der Waals surface area contributed by atoms with Gasteiger partial charge in [-0.05, 0) is 150 Å². The van der Waals surface area contributed by atoms with E-state index in [2.05, 4.69) is 80.3 Å². The van der Waals surface area contributed by atoms with E-state index in [1.54, 1.807) is 106 Å². The largest absolute Gasteiger partial charge is 0.497 e. The van der Waals surface area contributed by atoms with Crippen molar-refractivity contribution >= 4 is 66.9 Å². The lowest BCUT2D eigenvalue weighted by atomic mass is 9.99. The molecule has 0 amide bonds. The van der Waals surface area contributed by atoms with Gasteiger partial charge in [-0.3, -0.25) is 40.3 Å². The van der Waals surface area contributed by atoms with Gasteiger partial charge in [0, 0.05) is 152 Å². The SMILES string of the molecule is COc1ccc(F)c(-c2cc(N3CCOCC3)nc3c(-c4ccn[nH]4)nccc23)c1.COc1ccc(F)cc1-c1cc(N2CCOCC2)nc2c(-c3ccn[nH]3)nccc12.Fc1ccc(-c2cc(N3CCOCC3)nc3c(-c4ccn[nH]4)nccc23)c(F)c1.Fc1cccc(-c2cc(N3CCOCC3)nc3c(-c4ccn[nH]4)nccc23)c1F. The standard InChI is InChI=1S/2C22H20FN5O2.2C21H17F2N5O/c1-29-19-3-2-14(23)12-17(19)16-13-20(28-8-10-30-11-9-28)26-21-15(16)4-6-24-22(21)18-5-7-25-27-18;1-29-14-2-3-18(23)17(12-14)16-13-20(28-8-10-30-11-9-28)26-21-15(16)4-6-24-22(21)19-5-7-25-27-19;22-13-1-2-14(17(23)11-13)16-12-19(28-7-9-29-10-8-28)26-20-15(16)3-5-24-21(20)18-4-6-25-27-18;22-16-3-1-2-13(19(16)23)15-12-18(28-8-10-29-11-9-28)26-20-14(15)4-6-24-21(20)17-5-7-25-27-17/h2*2-7,12-13H,8-11H2,1H3,(H,25,27);1-6,11-12H,7-10H2,(H,25,27);1-7,12H,8-11H2,(H,25,27). The average Bonchev–Trinajstić information content (AvgIpc) is 1.18. The number of anilines is 4. The normalized spacial score (nSPS) is 14.4. The Labute approximate surface area is 669 Å². The summed E-state index contributed by atoms with van der Waals surface area (Å²) in [5.41, 5.74) is 12.6. The molecule has 0 radical (unpaired) electrons. The van der Waals surface area contributed by atoms with Crippen LogP contribution in [0, 0.1) is 34.9 Å². The predicted octanol–water partition coefficient (Wildman–Crippen LogP) is 14.9. The Morgan fingerprint density at radius 3 is 1.03 bits per heavy atom. The molecule has 0 unspecified atom stereocenters. The highest BCUT2D eigenvalue weighted by Gasteiger charge is 2.27. The van der Waals surface area contributed by atoms with Gasteiger partial charge in [-0.25, -0.2) is 46.3 Å². The highest BCUT2D eigenvalue weighted by Crippen LogP contribution is 2.43. The number of methoxy groups -OCH3 is 2. The van der Waals surface area contributed by atoms with Crippen LogP contribution in [0.25, 0.3) is 134 Å². The molecule has 4 aromatic carbocycles. The number of halogens is 6. The van der Waals surface area contributed by atoms with Crippen LogP contribution in [0.3, 0.4) is 0 Å². The van der Waals surface area contributed by atoms with Gasteiger partial charge in [-0.15, -0.1) is 0 Å². The summed E-state index contributed by atoms with van der Waals surface area (Å²) in [5, 5.41) is 30.9. The number of fused-ring (bicyclic) bond motifs is 4. The molecule has 16 aromatic rings. The summed E-state index contributed by atoms with van der Waals surface area (Å²) >= 11 is 0. The first-order valence-electron chi connectivity index (χ1n) is 38.0. The van der Waals surface area contributed by atoms with E-state index in [9.17, 15) is 26.3 Å². The van der Waals surface area contributed by atoms with Gasteiger partial charge in [0.2, 0.25) is 0 Å². The fraction of sp³-hybridized carbons (Fsp3) is 0.209. The molecule has 0 spiro atoms.